The number of benzene rings is 1. The molecular formula is C45H67N13O12S. The number of carboxylic acid groups (broad SMARTS) is 1. The number of aliphatic hydroxyl groups is 1. The number of aliphatic hydroxyl groups excluding tert-OH is 1. The third-order valence-electron chi connectivity index (χ3n) is 11.8. The van der Waals surface area contributed by atoms with Crippen molar-refractivity contribution in [3.05, 3.63) is 53.7 Å². The number of nitrogens with zero attached hydrogens (tertiary/aromatic N) is 5. The summed E-state index contributed by atoms with van der Waals surface area (Å²) in [7, 11) is -4.45. The molecule has 14 N–H and O–H groups in total. The number of rotatable bonds is 28. The Morgan fingerprint density at radius 1 is 0.873 bits per heavy atom. The summed E-state index contributed by atoms with van der Waals surface area (Å²) in [5, 5.41) is 34.8. The van der Waals surface area contributed by atoms with Gasteiger partial charge in [0.05, 0.1) is 17.9 Å². The number of carboxylic acids is 1. The molecule has 6 atom stereocenters. The number of unbranched alkanes of at least 4 members (excludes halogenated alkanes) is 3. The molecule has 26 heteroatoms. The van der Waals surface area contributed by atoms with Crippen LogP contribution in [-0.2, 0) is 38.9 Å². The molecular weight excluding hydrogens is 947 g/mol. The lowest BCUT2D eigenvalue weighted by Gasteiger charge is -2.33. The van der Waals surface area contributed by atoms with Crippen molar-refractivity contribution in [2.75, 3.05) is 38.1 Å². The first-order valence-corrected chi connectivity index (χ1v) is 25.0. The fourth-order valence-corrected chi connectivity index (χ4v) is 8.82. The van der Waals surface area contributed by atoms with Crippen molar-refractivity contribution in [3.8, 4) is 0 Å². The molecule has 3 heterocycles. The van der Waals surface area contributed by atoms with Crippen LogP contribution in [-0.4, -0.2) is 161 Å². The molecule has 0 bridgehead atoms. The number of carbonyl (C=O) groups is 7. The number of hydrazone groups is 1. The number of guanidine groups is 1. The average molecular weight is 1010 g/mol. The van der Waals surface area contributed by atoms with Crippen LogP contribution in [0, 0.1) is 0 Å². The van der Waals surface area contributed by atoms with E-state index in [-0.39, 0.29) is 79.7 Å². The Bertz CT molecular complexity index is 2330. The topological polar surface area (TPSA) is 397 Å². The van der Waals surface area contributed by atoms with Crippen LogP contribution >= 0.6 is 0 Å². The van der Waals surface area contributed by atoms with Crippen LogP contribution in [0.3, 0.4) is 0 Å². The predicted octanol–water partition coefficient (Wildman–Crippen LogP) is -0.851. The third-order valence-corrected chi connectivity index (χ3v) is 12.8. The summed E-state index contributed by atoms with van der Waals surface area (Å²) in [6, 6.07) is 3.01. The van der Waals surface area contributed by atoms with Crippen LogP contribution in [0.1, 0.15) is 106 Å². The van der Waals surface area contributed by atoms with Gasteiger partial charge >= 0.3 is 5.97 Å². The Kier molecular flexibility index (Phi) is 22.5. The van der Waals surface area contributed by atoms with Gasteiger partial charge in [0.15, 0.2) is 5.96 Å². The molecule has 0 radical (unpaired) electrons. The zero-order valence-corrected chi connectivity index (χ0v) is 40.5. The Morgan fingerprint density at radius 3 is 2.24 bits per heavy atom. The second kappa shape index (κ2) is 28.2. The lowest BCUT2D eigenvalue weighted by atomic mass is 10.0. The van der Waals surface area contributed by atoms with Gasteiger partial charge in [0.1, 0.15) is 40.9 Å². The fourth-order valence-electron chi connectivity index (χ4n) is 8.15. The zero-order valence-electron chi connectivity index (χ0n) is 39.7. The smallest absolute Gasteiger partial charge is 0.326 e. The Hall–Kier alpha value is -6.77. The van der Waals surface area contributed by atoms with Crippen molar-refractivity contribution in [2.24, 2.45) is 27.3 Å². The van der Waals surface area contributed by atoms with Crippen molar-refractivity contribution in [1.29, 1.82) is 0 Å². The number of hydrogen-bond donors (Lipinski definition) is 11. The number of aliphatic carboxylic acids is 1. The van der Waals surface area contributed by atoms with E-state index in [2.05, 4.69) is 41.8 Å². The molecule has 2 fully saturated rings. The molecule has 390 valence electrons. The van der Waals surface area contributed by atoms with E-state index >= 15 is 0 Å². The predicted molar refractivity (Wildman–Crippen MR) is 260 cm³/mol. The lowest BCUT2D eigenvalue weighted by Crippen LogP contribution is -2.59. The normalized spacial score (nSPS) is 17.4. The van der Waals surface area contributed by atoms with E-state index in [0.29, 0.717) is 64.3 Å². The van der Waals surface area contributed by atoms with Gasteiger partial charge in [0.25, 0.3) is 16.0 Å². The summed E-state index contributed by atoms with van der Waals surface area (Å²) in [4.78, 5) is 103. The van der Waals surface area contributed by atoms with Gasteiger partial charge in [-0.3, -0.25) is 43.7 Å². The number of nitrogens with one attached hydrogen (secondary N) is 5. The summed E-state index contributed by atoms with van der Waals surface area (Å²) >= 11 is 0. The van der Waals surface area contributed by atoms with Gasteiger partial charge < -0.3 is 58.5 Å². The number of aromatic nitrogens is 1. The van der Waals surface area contributed by atoms with Crippen LogP contribution in [0.25, 0.3) is 0 Å². The number of pyridine rings is 1. The molecule has 71 heavy (non-hydrogen) atoms. The number of hydrogen-bond acceptors (Lipinski definition) is 15. The number of nitrogens with two attached hydrogens (primary N) is 3. The summed E-state index contributed by atoms with van der Waals surface area (Å²) < 4.78 is 32.5. The van der Waals surface area contributed by atoms with E-state index in [1.54, 1.807) is 6.07 Å². The van der Waals surface area contributed by atoms with Gasteiger partial charge in [-0.15, -0.1) is 0 Å². The first kappa shape index (κ1) is 56.8. The van der Waals surface area contributed by atoms with E-state index in [1.165, 1.54) is 59.5 Å². The number of amides is 6. The van der Waals surface area contributed by atoms with Gasteiger partial charge in [-0.2, -0.15) is 13.5 Å². The van der Waals surface area contributed by atoms with Crippen molar-refractivity contribution in [3.63, 3.8) is 0 Å². The second-order valence-electron chi connectivity index (χ2n) is 17.2. The van der Waals surface area contributed by atoms with Crippen molar-refractivity contribution < 1.29 is 56.7 Å². The highest BCUT2D eigenvalue weighted by Crippen LogP contribution is 2.27. The third kappa shape index (κ3) is 17.9. The first-order chi connectivity index (χ1) is 33.8. The molecule has 2 aliphatic heterocycles. The highest BCUT2D eigenvalue weighted by Gasteiger charge is 2.44. The summed E-state index contributed by atoms with van der Waals surface area (Å²) in [6.07, 6.45) is 5.57. The van der Waals surface area contributed by atoms with Gasteiger partial charge in [0.2, 0.25) is 29.5 Å². The van der Waals surface area contributed by atoms with E-state index in [1.807, 2.05) is 0 Å². The van der Waals surface area contributed by atoms with Crippen molar-refractivity contribution >= 4 is 69.5 Å². The Balaban J connectivity index is 1.25. The molecule has 2 aliphatic rings. The molecule has 6 amide bonds. The lowest BCUT2D eigenvalue weighted by molar-refractivity contribution is -0.149. The second-order valence-corrected chi connectivity index (χ2v) is 18.6. The van der Waals surface area contributed by atoms with E-state index in [9.17, 15) is 56.7 Å². The van der Waals surface area contributed by atoms with Gasteiger partial charge in [-0.25, -0.2) is 9.78 Å². The van der Waals surface area contributed by atoms with Crippen molar-refractivity contribution in [2.45, 2.75) is 132 Å². The summed E-state index contributed by atoms with van der Waals surface area (Å²) in [5.74, 6) is -4.51. The highest BCUT2D eigenvalue weighted by molar-refractivity contribution is 7.86. The molecule has 4 rings (SSSR count). The molecule has 1 unspecified atom stereocenters. The van der Waals surface area contributed by atoms with E-state index in [0.717, 1.165) is 0 Å². The number of carbonyl (C=O) groups excluding carboxylic acids is 6. The molecule has 0 spiro atoms. The van der Waals surface area contributed by atoms with Crippen LogP contribution in [0.4, 0.5) is 5.82 Å². The zero-order chi connectivity index (χ0) is 52.1. The minimum atomic E-state index is -4.45. The molecule has 1 aromatic heterocycles. The van der Waals surface area contributed by atoms with E-state index in [4.69, 9.17) is 17.2 Å². The molecule has 0 aliphatic carbocycles. The standard InChI is InChI=1S/C45H67N13O12S/c1-28(59)38(55-37(60)18-3-2-8-22-49-39(61)30-19-20-36(51-26-30)56-52-27-29-12-4-5-17-35(29)71(68,69)70)41(63)53-31(13-6-7-21-46)42(64)58-25-11-16-34(58)43(65)57-24-10-15-33(57)40(62)54-32(44(66)67)14-9-23-50-45(47)48/h4-5,12,17,19-20,26-28,31-34,38,59H,2-3,6-11,13-16,18,21-25,46H2,1H3,(H,49,61)(H,51,56)(H,53,63)(H,54,62)(H,55,60)(H,66,67)(H4,47,48,50)(H,68,69,70)/b52-27+/t28?,31-,32+,33-,34-,38-/m0/s1. The molecule has 2 saturated heterocycles. The molecule has 1 aromatic carbocycles. The SMILES string of the molecule is CC(O)[C@H](NC(=O)CCCCCNC(=O)c1ccc(N/N=C/c2ccccc2S(=O)(=O)O)nc1)C(=O)N[C@@H](CCCCN)C(=O)N1CCC[C@H]1C(=O)N1CCC[C@H]1C(=O)N[C@H](CCCN=C(N)N)C(=O)O. The number of anilines is 1. The molecule has 25 nitrogen and oxygen atoms in total. The number of aliphatic imine (C=N–C) groups is 1. The minimum absolute atomic E-state index is 0.00492. The molecule has 2 aromatic rings. The first-order valence-electron chi connectivity index (χ1n) is 23.6. The maximum absolute atomic E-state index is 14.2. The maximum Gasteiger partial charge on any atom is 0.326 e. The minimum Gasteiger partial charge on any atom is -0.480 e. The summed E-state index contributed by atoms with van der Waals surface area (Å²) in [6.45, 7) is 2.51. The van der Waals surface area contributed by atoms with Crippen LogP contribution < -0.4 is 43.9 Å². The maximum atomic E-state index is 14.2. The average Bonchev–Trinajstić information content (AvgIpc) is 4.03. The van der Waals surface area contributed by atoms with Gasteiger partial charge in [-0.05, 0) is 102 Å². The van der Waals surface area contributed by atoms with Crippen LogP contribution in [0.2, 0.25) is 0 Å². The Morgan fingerprint density at radius 2 is 1.58 bits per heavy atom. The monoisotopic (exact) mass is 1010 g/mol. The van der Waals surface area contributed by atoms with Crippen LogP contribution in [0.5, 0.6) is 0 Å². The van der Waals surface area contributed by atoms with Gasteiger partial charge in [-0.1, -0.05) is 24.6 Å². The van der Waals surface area contributed by atoms with Crippen molar-refractivity contribution in [1.82, 2.24) is 36.1 Å². The summed E-state index contributed by atoms with van der Waals surface area (Å²) in [5.41, 5.74) is 19.4. The van der Waals surface area contributed by atoms with Gasteiger partial charge in [0, 0.05) is 44.4 Å². The largest absolute Gasteiger partial charge is 0.480 e. The highest BCUT2D eigenvalue weighted by atomic mass is 32.2. The Labute approximate surface area is 412 Å². The van der Waals surface area contributed by atoms with Crippen LogP contribution in [0.15, 0.2) is 57.6 Å². The fraction of sp³-hybridized carbons (Fsp3) is 0.556. The van der Waals surface area contributed by atoms with E-state index < -0.39 is 87.8 Å². The molecule has 0 saturated carbocycles. The number of likely N-dealkylation sites (tertiary alicyclic amines) is 2. The quantitative estimate of drug-likeness (QED) is 0.0163.